The van der Waals surface area contributed by atoms with Gasteiger partial charge in [-0.3, -0.25) is 24.7 Å². The number of nitrogens with zero attached hydrogens (tertiary/aromatic N) is 5. The van der Waals surface area contributed by atoms with E-state index in [2.05, 4.69) is 35.5 Å². The summed E-state index contributed by atoms with van der Waals surface area (Å²) in [5, 5.41) is 11.1. The maximum Gasteiger partial charge on any atom is 0.229 e. The molecular formula is C29H28N8O2S. The number of hydrogen-bond acceptors (Lipinski definition) is 8. The Balaban J connectivity index is 0.00000323. The number of ketones is 1. The maximum atomic E-state index is 12.5. The minimum atomic E-state index is -0.524. The molecule has 6 rings (SSSR count). The van der Waals surface area contributed by atoms with Gasteiger partial charge in [0.2, 0.25) is 5.91 Å². The van der Waals surface area contributed by atoms with E-state index in [0.717, 1.165) is 38.0 Å². The largest absolute Gasteiger partial charge is 0.335 e. The fraction of sp³-hybridized carbons (Fsp3) is 0.207. The van der Waals surface area contributed by atoms with Crippen molar-refractivity contribution in [2.45, 2.75) is 35.1 Å². The molecule has 0 aliphatic carbocycles. The van der Waals surface area contributed by atoms with Gasteiger partial charge in [-0.25, -0.2) is 9.97 Å². The quantitative estimate of drug-likeness (QED) is 0.207. The number of hydrogen-bond donors (Lipinski definition) is 3. The van der Waals surface area contributed by atoms with Crippen molar-refractivity contribution < 1.29 is 9.59 Å². The van der Waals surface area contributed by atoms with Crippen LogP contribution in [0.25, 0.3) is 55.2 Å². The molecule has 0 fully saturated rings. The zero-order valence-corrected chi connectivity index (χ0v) is 22.5. The van der Waals surface area contributed by atoms with Crippen LogP contribution in [0.3, 0.4) is 0 Å². The summed E-state index contributed by atoms with van der Waals surface area (Å²) in [5.41, 5.74) is 5.28. The second-order valence-corrected chi connectivity index (χ2v) is 11.3. The predicted octanol–water partition coefficient (Wildman–Crippen LogP) is 6.51. The number of rotatable bonds is 5. The zero-order valence-electron chi connectivity index (χ0n) is 21.7. The molecule has 0 aliphatic heterocycles. The number of carbonyl (C=O) groups is 2. The Labute approximate surface area is 234 Å². The van der Waals surface area contributed by atoms with Gasteiger partial charge in [0.1, 0.15) is 11.2 Å². The highest BCUT2D eigenvalue weighted by Crippen LogP contribution is 2.35. The molecule has 0 aliphatic rings. The van der Waals surface area contributed by atoms with E-state index in [1.807, 2.05) is 45.0 Å². The minimum absolute atomic E-state index is 0. The molecule has 6 aromatic rings. The van der Waals surface area contributed by atoms with Crippen LogP contribution in [0, 0.1) is 5.41 Å². The van der Waals surface area contributed by atoms with Crippen LogP contribution in [0.1, 0.15) is 44.8 Å². The second kappa shape index (κ2) is 10.1. The summed E-state index contributed by atoms with van der Waals surface area (Å²) in [6.45, 7) is 7.14. The maximum absolute atomic E-state index is 12.5. The third-order valence-corrected chi connectivity index (χ3v) is 7.49. The molecule has 0 aromatic carbocycles. The first kappa shape index (κ1) is 26.8. The lowest BCUT2D eigenvalue weighted by Crippen LogP contribution is -2.27. The van der Waals surface area contributed by atoms with Crippen LogP contribution in [0.4, 0.5) is 5.69 Å². The first-order valence-electron chi connectivity index (χ1n) is 12.2. The van der Waals surface area contributed by atoms with Gasteiger partial charge in [-0.2, -0.15) is 5.10 Å². The van der Waals surface area contributed by atoms with Crippen molar-refractivity contribution in [3.63, 3.8) is 0 Å². The van der Waals surface area contributed by atoms with Crippen molar-refractivity contribution in [1.82, 2.24) is 35.1 Å². The van der Waals surface area contributed by atoms with Crippen molar-refractivity contribution in [2.24, 2.45) is 5.41 Å². The Morgan fingerprint density at radius 2 is 1.75 bits per heavy atom. The number of aromatic nitrogens is 7. The van der Waals surface area contributed by atoms with Crippen LogP contribution in [-0.4, -0.2) is 46.8 Å². The average Bonchev–Trinajstić information content (AvgIpc) is 3.65. The molecule has 11 heteroatoms. The third kappa shape index (κ3) is 4.87. The SMILES string of the molecule is C.CC(=O)c1ccc(-c2cncc3[nH]c(-c4[nH]nc5ncc(-c6cncc(NC(=O)C(C)(C)C)c6)cc45)nc23)s1. The molecule has 202 valence electrons. The van der Waals surface area contributed by atoms with Gasteiger partial charge >= 0.3 is 0 Å². The van der Waals surface area contributed by atoms with Gasteiger partial charge in [0.15, 0.2) is 17.3 Å². The van der Waals surface area contributed by atoms with Crippen LogP contribution in [-0.2, 0) is 4.79 Å². The smallest absolute Gasteiger partial charge is 0.229 e. The van der Waals surface area contributed by atoms with E-state index < -0.39 is 5.41 Å². The average molecular weight is 553 g/mol. The number of nitrogens with one attached hydrogen (secondary N) is 3. The Morgan fingerprint density at radius 1 is 0.975 bits per heavy atom. The van der Waals surface area contributed by atoms with E-state index in [1.54, 1.807) is 37.9 Å². The first-order valence-corrected chi connectivity index (χ1v) is 13.1. The number of H-pyrrole nitrogens is 2. The van der Waals surface area contributed by atoms with Gasteiger partial charge in [0.05, 0.1) is 33.9 Å². The van der Waals surface area contributed by atoms with Crippen molar-refractivity contribution >= 4 is 50.8 Å². The minimum Gasteiger partial charge on any atom is -0.335 e. The second-order valence-electron chi connectivity index (χ2n) is 10.2. The molecule has 40 heavy (non-hydrogen) atoms. The van der Waals surface area contributed by atoms with Gasteiger partial charge in [0.25, 0.3) is 0 Å². The highest BCUT2D eigenvalue weighted by atomic mass is 32.1. The molecule has 0 radical (unpaired) electrons. The van der Waals surface area contributed by atoms with Crippen LogP contribution in [0.5, 0.6) is 0 Å². The van der Waals surface area contributed by atoms with Crippen LogP contribution >= 0.6 is 11.3 Å². The predicted molar refractivity (Wildman–Crippen MR) is 158 cm³/mol. The molecule has 3 N–H and O–H groups in total. The number of fused-ring (bicyclic) bond motifs is 2. The van der Waals surface area contributed by atoms with Crippen molar-refractivity contribution in [1.29, 1.82) is 0 Å². The van der Waals surface area contributed by atoms with E-state index in [4.69, 9.17) is 4.98 Å². The first-order chi connectivity index (χ1) is 18.7. The summed E-state index contributed by atoms with van der Waals surface area (Å²) in [6, 6.07) is 7.58. The lowest BCUT2D eigenvalue weighted by atomic mass is 9.95. The van der Waals surface area contributed by atoms with Gasteiger partial charge in [-0.15, -0.1) is 11.3 Å². The molecular weight excluding hydrogens is 524 g/mol. The lowest BCUT2D eigenvalue weighted by molar-refractivity contribution is -0.123. The Morgan fingerprint density at radius 3 is 2.50 bits per heavy atom. The van der Waals surface area contributed by atoms with Crippen LogP contribution in [0.15, 0.2) is 55.2 Å². The molecule has 10 nitrogen and oxygen atoms in total. The standard InChI is InChI=1S/C28H24N8O2S.CH4/c1-14(37)21-5-6-22(39-21)19-12-30-13-20-23(19)34-26(33-20)24-18-8-16(10-31-25(18)36-35-24)15-7-17(11-29-9-15)32-27(38)28(2,3)4;/h5-13H,1-4H3,(H,32,38)(H,33,34)(H,31,35,36);1H4. The van der Waals surface area contributed by atoms with Gasteiger partial charge < -0.3 is 10.3 Å². The number of thiophene rings is 1. The van der Waals surface area contributed by atoms with E-state index >= 15 is 0 Å². The molecule has 0 spiro atoms. The van der Waals surface area contributed by atoms with Gasteiger partial charge in [-0.1, -0.05) is 28.2 Å². The van der Waals surface area contributed by atoms with Crippen molar-refractivity contribution in [3.8, 4) is 33.1 Å². The molecule has 0 saturated heterocycles. The topological polar surface area (TPSA) is 142 Å². The number of Topliss-reactive ketones (excluding diaryl/α,β-unsaturated/α-hetero) is 1. The number of imidazole rings is 1. The normalized spacial score (nSPS) is 11.5. The van der Waals surface area contributed by atoms with Gasteiger partial charge in [-0.05, 0) is 31.2 Å². The van der Waals surface area contributed by atoms with E-state index in [0.29, 0.717) is 27.7 Å². The molecule has 0 bridgehead atoms. The fourth-order valence-corrected chi connectivity index (χ4v) is 5.04. The third-order valence-electron chi connectivity index (χ3n) is 6.27. The number of amides is 1. The summed E-state index contributed by atoms with van der Waals surface area (Å²) in [5.74, 6) is 0.526. The number of aromatic amines is 2. The van der Waals surface area contributed by atoms with Crippen LogP contribution < -0.4 is 5.32 Å². The number of pyridine rings is 3. The lowest BCUT2D eigenvalue weighted by Gasteiger charge is -2.17. The zero-order chi connectivity index (χ0) is 27.3. The van der Waals surface area contributed by atoms with Crippen LogP contribution in [0.2, 0.25) is 0 Å². The highest BCUT2D eigenvalue weighted by Gasteiger charge is 2.22. The molecule has 0 saturated carbocycles. The highest BCUT2D eigenvalue weighted by molar-refractivity contribution is 7.17. The summed E-state index contributed by atoms with van der Waals surface area (Å²) < 4.78 is 0. The summed E-state index contributed by atoms with van der Waals surface area (Å²) in [6.07, 6.45) is 8.55. The molecule has 6 aromatic heterocycles. The van der Waals surface area contributed by atoms with Crippen molar-refractivity contribution in [3.05, 3.63) is 60.1 Å². The summed E-state index contributed by atoms with van der Waals surface area (Å²) in [7, 11) is 0. The Hall–Kier alpha value is -4.77. The monoisotopic (exact) mass is 552 g/mol. The molecule has 0 unspecified atom stereocenters. The molecule has 0 atom stereocenters. The summed E-state index contributed by atoms with van der Waals surface area (Å²) in [4.78, 5) is 47.3. The molecule has 6 heterocycles. The Bertz CT molecular complexity index is 1890. The van der Waals surface area contributed by atoms with E-state index in [1.165, 1.54) is 11.3 Å². The summed E-state index contributed by atoms with van der Waals surface area (Å²) >= 11 is 1.42. The fourth-order valence-electron chi connectivity index (χ4n) is 4.13. The number of anilines is 1. The van der Waals surface area contributed by atoms with E-state index in [9.17, 15) is 9.59 Å². The Kier molecular flexibility index (Phi) is 6.76. The van der Waals surface area contributed by atoms with Crippen molar-refractivity contribution in [2.75, 3.05) is 5.32 Å². The van der Waals surface area contributed by atoms with Gasteiger partial charge in [0, 0.05) is 45.6 Å². The number of carbonyl (C=O) groups excluding carboxylic acids is 2. The molecule has 1 amide bonds. The van der Waals surface area contributed by atoms with E-state index in [-0.39, 0.29) is 19.1 Å².